The molecule has 27 heavy (non-hydrogen) atoms. The molecule has 0 aliphatic carbocycles. The van der Waals surface area contributed by atoms with Crippen molar-refractivity contribution in [1.82, 2.24) is 14.8 Å². The molecule has 0 amide bonds. The van der Waals surface area contributed by atoms with E-state index in [0.717, 1.165) is 17.7 Å². The summed E-state index contributed by atoms with van der Waals surface area (Å²) in [5.74, 6) is 1.19. The first-order valence-corrected chi connectivity index (χ1v) is 9.89. The van der Waals surface area contributed by atoms with Crippen molar-refractivity contribution in [3.8, 4) is 11.4 Å². The average Bonchev–Trinajstić information content (AvgIpc) is 3.31. The lowest BCUT2D eigenvalue weighted by Gasteiger charge is -2.12. The number of rotatable bonds is 8. The third kappa shape index (κ3) is 4.93. The molecule has 3 rings (SSSR count). The van der Waals surface area contributed by atoms with Crippen LogP contribution in [0.3, 0.4) is 0 Å². The van der Waals surface area contributed by atoms with Crippen molar-refractivity contribution in [3.63, 3.8) is 0 Å². The molecule has 2 heterocycles. The molecule has 0 spiro atoms. The molecular formula is C19H20ClN3O3S. The van der Waals surface area contributed by atoms with Crippen LogP contribution in [0.15, 0.2) is 52.2 Å². The van der Waals surface area contributed by atoms with E-state index >= 15 is 0 Å². The van der Waals surface area contributed by atoms with Gasteiger partial charge in [-0.3, -0.25) is 9.36 Å². The van der Waals surface area contributed by atoms with Crippen LogP contribution in [0.5, 0.6) is 0 Å². The Morgan fingerprint density at radius 2 is 2.07 bits per heavy atom. The van der Waals surface area contributed by atoms with Crippen LogP contribution < -0.4 is 0 Å². The normalized spacial score (nSPS) is 12.1. The van der Waals surface area contributed by atoms with Gasteiger partial charge in [-0.25, -0.2) is 0 Å². The van der Waals surface area contributed by atoms with E-state index in [1.807, 2.05) is 35.8 Å². The summed E-state index contributed by atoms with van der Waals surface area (Å²) in [7, 11) is 0. The van der Waals surface area contributed by atoms with Gasteiger partial charge in [-0.2, -0.15) is 0 Å². The summed E-state index contributed by atoms with van der Waals surface area (Å²) in [5.41, 5.74) is 0.881. The Morgan fingerprint density at radius 1 is 1.30 bits per heavy atom. The molecule has 1 aromatic carbocycles. The number of ether oxygens (including phenoxy) is 1. The number of nitrogens with zero attached hydrogens (tertiary/aromatic N) is 3. The number of carbonyl (C=O) groups excluding carboxylic acids is 1. The lowest BCUT2D eigenvalue weighted by Crippen LogP contribution is -2.18. The van der Waals surface area contributed by atoms with Crippen LogP contribution in [-0.2, 0) is 16.1 Å². The molecule has 3 aromatic rings. The Labute approximate surface area is 166 Å². The summed E-state index contributed by atoms with van der Waals surface area (Å²) in [4.78, 5) is 12.1. The molecule has 0 saturated carbocycles. The Kier molecular flexibility index (Phi) is 6.58. The SMILES string of the molecule is CCCOC(=O)C(C)Sc1nnc(-c2ccc(Cl)cc2)n1Cc1ccco1. The maximum Gasteiger partial charge on any atom is 0.319 e. The largest absolute Gasteiger partial charge is 0.467 e. The Morgan fingerprint density at radius 3 is 2.74 bits per heavy atom. The summed E-state index contributed by atoms with van der Waals surface area (Å²) >= 11 is 7.31. The van der Waals surface area contributed by atoms with Crippen molar-refractivity contribution in [2.45, 2.75) is 37.2 Å². The number of hydrogen-bond acceptors (Lipinski definition) is 6. The van der Waals surface area contributed by atoms with Crippen LogP contribution in [-0.4, -0.2) is 32.6 Å². The van der Waals surface area contributed by atoms with Crippen LogP contribution in [0.25, 0.3) is 11.4 Å². The Balaban J connectivity index is 1.89. The first kappa shape index (κ1) is 19.5. The molecule has 0 aliphatic rings. The van der Waals surface area contributed by atoms with Crippen LogP contribution in [0.1, 0.15) is 26.0 Å². The molecule has 0 bridgehead atoms. The number of benzene rings is 1. The number of thioether (sulfide) groups is 1. The van der Waals surface area contributed by atoms with E-state index in [2.05, 4.69) is 10.2 Å². The zero-order valence-electron chi connectivity index (χ0n) is 15.1. The first-order valence-electron chi connectivity index (χ1n) is 8.63. The number of carbonyl (C=O) groups is 1. The monoisotopic (exact) mass is 405 g/mol. The van der Waals surface area contributed by atoms with Gasteiger partial charge < -0.3 is 9.15 Å². The Hall–Kier alpha value is -2.25. The molecule has 1 atom stereocenters. The van der Waals surface area contributed by atoms with E-state index in [9.17, 15) is 4.79 Å². The van der Waals surface area contributed by atoms with E-state index in [1.165, 1.54) is 11.8 Å². The predicted molar refractivity (Wildman–Crippen MR) is 105 cm³/mol. The third-order valence-electron chi connectivity index (χ3n) is 3.78. The fourth-order valence-electron chi connectivity index (χ4n) is 2.42. The number of esters is 1. The summed E-state index contributed by atoms with van der Waals surface area (Å²) in [5, 5.41) is 9.50. The van der Waals surface area contributed by atoms with Crippen molar-refractivity contribution >= 4 is 29.3 Å². The van der Waals surface area contributed by atoms with Crippen LogP contribution in [0.2, 0.25) is 5.02 Å². The van der Waals surface area contributed by atoms with Crippen molar-refractivity contribution in [3.05, 3.63) is 53.4 Å². The summed E-state index contributed by atoms with van der Waals surface area (Å²) in [6, 6.07) is 11.1. The molecule has 8 heteroatoms. The van der Waals surface area contributed by atoms with Gasteiger partial charge in [0.2, 0.25) is 0 Å². The zero-order chi connectivity index (χ0) is 19.2. The molecule has 1 unspecified atom stereocenters. The molecule has 0 N–H and O–H groups in total. The van der Waals surface area contributed by atoms with Gasteiger partial charge in [-0.1, -0.05) is 30.3 Å². The quantitative estimate of drug-likeness (QED) is 0.400. The average molecular weight is 406 g/mol. The van der Waals surface area contributed by atoms with E-state index in [4.69, 9.17) is 20.8 Å². The molecule has 2 aromatic heterocycles. The van der Waals surface area contributed by atoms with Gasteiger partial charge in [0.1, 0.15) is 11.0 Å². The highest BCUT2D eigenvalue weighted by molar-refractivity contribution is 8.00. The number of aromatic nitrogens is 3. The highest BCUT2D eigenvalue weighted by Crippen LogP contribution is 2.29. The van der Waals surface area contributed by atoms with E-state index in [1.54, 1.807) is 25.3 Å². The van der Waals surface area contributed by atoms with Crippen LogP contribution in [0, 0.1) is 0 Å². The van der Waals surface area contributed by atoms with Gasteiger partial charge in [0.05, 0.1) is 19.4 Å². The van der Waals surface area contributed by atoms with Gasteiger partial charge in [-0.05, 0) is 49.7 Å². The van der Waals surface area contributed by atoms with Crippen LogP contribution >= 0.6 is 23.4 Å². The standard InChI is InChI=1S/C19H20ClN3O3S/c1-3-10-26-18(24)13(2)27-19-22-21-17(14-6-8-15(20)9-7-14)23(19)12-16-5-4-11-25-16/h4-9,11,13H,3,10,12H2,1-2H3. The van der Waals surface area contributed by atoms with E-state index < -0.39 is 5.25 Å². The first-order chi connectivity index (χ1) is 13.1. The second-order valence-corrected chi connectivity index (χ2v) is 7.65. The number of furan rings is 1. The van der Waals surface area contributed by atoms with Crippen LogP contribution in [0.4, 0.5) is 0 Å². The highest BCUT2D eigenvalue weighted by Gasteiger charge is 2.22. The van der Waals surface area contributed by atoms with Crippen molar-refractivity contribution in [2.24, 2.45) is 0 Å². The molecule has 6 nitrogen and oxygen atoms in total. The highest BCUT2D eigenvalue weighted by atomic mass is 35.5. The fourth-order valence-corrected chi connectivity index (χ4v) is 3.39. The zero-order valence-corrected chi connectivity index (χ0v) is 16.7. The van der Waals surface area contributed by atoms with E-state index in [0.29, 0.717) is 29.2 Å². The minimum atomic E-state index is -0.394. The second kappa shape index (κ2) is 9.10. The molecular weight excluding hydrogens is 386 g/mol. The molecule has 0 fully saturated rings. The maximum absolute atomic E-state index is 12.1. The van der Waals surface area contributed by atoms with Crippen molar-refractivity contribution in [2.75, 3.05) is 6.61 Å². The summed E-state index contributed by atoms with van der Waals surface area (Å²) in [6.45, 7) is 4.63. The minimum absolute atomic E-state index is 0.262. The summed E-state index contributed by atoms with van der Waals surface area (Å²) < 4.78 is 12.6. The fraction of sp³-hybridized carbons (Fsp3) is 0.316. The Bertz CT molecular complexity index is 878. The molecule has 0 aliphatic heterocycles. The van der Waals surface area contributed by atoms with Crippen molar-refractivity contribution in [1.29, 1.82) is 0 Å². The molecule has 0 radical (unpaired) electrons. The van der Waals surface area contributed by atoms with Gasteiger partial charge in [0.15, 0.2) is 11.0 Å². The lowest BCUT2D eigenvalue weighted by molar-refractivity contribution is -0.142. The molecule has 0 saturated heterocycles. The van der Waals surface area contributed by atoms with Gasteiger partial charge in [0, 0.05) is 10.6 Å². The number of hydrogen-bond donors (Lipinski definition) is 0. The van der Waals surface area contributed by atoms with Gasteiger partial charge in [-0.15, -0.1) is 10.2 Å². The minimum Gasteiger partial charge on any atom is -0.467 e. The molecule has 142 valence electrons. The topological polar surface area (TPSA) is 70.2 Å². The predicted octanol–water partition coefficient (Wildman–Crippen LogP) is 4.67. The van der Waals surface area contributed by atoms with E-state index in [-0.39, 0.29) is 5.97 Å². The summed E-state index contributed by atoms with van der Waals surface area (Å²) in [6.07, 6.45) is 2.41. The smallest absolute Gasteiger partial charge is 0.319 e. The van der Waals surface area contributed by atoms with Gasteiger partial charge in [0.25, 0.3) is 0 Å². The maximum atomic E-state index is 12.1. The second-order valence-electron chi connectivity index (χ2n) is 5.91. The van der Waals surface area contributed by atoms with Crippen molar-refractivity contribution < 1.29 is 13.9 Å². The number of halogens is 1. The third-order valence-corrected chi connectivity index (χ3v) is 5.09. The lowest BCUT2D eigenvalue weighted by atomic mass is 10.2. The van der Waals surface area contributed by atoms with Gasteiger partial charge >= 0.3 is 5.97 Å².